The molecular formula is C11H25N3O. The van der Waals surface area contributed by atoms with Gasteiger partial charge in [0.1, 0.15) is 0 Å². The van der Waals surface area contributed by atoms with E-state index in [1.165, 1.54) is 0 Å². The molecule has 0 aromatic heterocycles. The van der Waals surface area contributed by atoms with Crippen LogP contribution in [0.1, 0.15) is 20.3 Å². The minimum absolute atomic E-state index is 0.161. The summed E-state index contributed by atoms with van der Waals surface area (Å²) in [5, 5.41) is 3.35. The molecule has 15 heavy (non-hydrogen) atoms. The summed E-state index contributed by atoms with van der Waals surface area (Å²) in [6.45, 7) is 6.75. The second kappa shape index (κ2) is 7.65. The maximum atomic E-state index is 11.4. The minimum atomic E-state index is 0.161. The highest BCUT2D eigenvalue weighted by Gasteiger charge is 2.07. The van der Waals surface area contributed by atoms with Crippen molar-refractivity contribution in [3.05, 3.63) is 0 Å². The first-order chi connectivity index (χ1) is 6.93. The number of rotatable bonds is 7. The van der Waals surface area contributed by atoms with E-state index in [2.05, 4.69) is 24.1 Å². The van der Waals surface area contributed by atoms with Gasteiger partial charge in [-0.15, -0.1) is 0 Å². The smallest absolute Gasteiger partial charge is 0.236 e. The van der Waals surface area contributed by atoms with Gasteiger partial charge in [0.2, 0.25) is 5.91 Å². The van der Waals surface area contributed by atoms with Crippen LogP contribution in [0.15, 0.2) is 0 Å². The van der Waals surface area contributed by atoms with Crippen molar-refractivity contribution in [3.8, 4) is 0 Å². The van der Waals surface area contributed by atoms with Crippen LogP contribution in [-0.2, 0) is 4.79 Å². The van der Waals surface area contributed by atoms with Gasteiger partial charge < -0.3 is 10.2 Å². The molecule has 0 aliphatic heterocycles. The number of nitrogens with one attached hydrogen (secondary N) is 1. The van der Waals surface area contributed by atoms with E-state index >= 15 is 0 Å². The predicted molar refractivity (Wildman–Crippen MR) is 63.9 cm³/mol. The fraction of sp³-hybridized carbons (Fsp3) is 0.909. The lowest BCUT2D eigenvalue weighted by Crippen LogP contribution is -2.36. The van der Waals surface area contributed by atoms with Gasteiger partial charge in [0.15, 0.2) is 0 Å². The van der Waals surface area contributed by atoms with Crippen molar-refractivity contribution in [2.45, 2.75) is 26.3 Å². The van der Waals surface area contributed by atoms with Crippen molar-refractivity contribution in [2.75, 3.05) is 40.8 Å². The molecule has 0 aromatic carbocycles. The lowest BCUT2D eigenvalue weighted by molar-refractivity contribution is -0.129. The zero-order chi connectivity index (χ0) is 11.8. The Kier molecular flexibility index (Phi) is 7.34. The summed E-state index contributed by atoms with van der Waals surface area (Å²) in [6.07, 6.45) is 1.08. The third-order valence-corrected chi connectivity index (χ3v) is 2.17. The third-order valence-electron chi connectivity index (χ3n) is 2.17. The molecule has 4 heteroatoms. The number of likely N-dealkylation sites (N-methyl/N-ethyl adjacent to an activating group) is 2. The molecule has 1 N–H and O–H groups in total. The average Bonchev–Trinajstić information content (AvgIpc) is 2.12. The van der Waals surface area contributed by atoms with Crippen LogP contribution in [0, 0.1) is 0 Å². The summed E-state index contributed by atoms with van der Waals surface area (Å²) < 4.78 is 0. The van der Waals surface area contributed by atoms with Crippen molar-refractivity contribution in [1.82, 2.24) is 15.1 Å². The van der Waals surface area contributed by atoms with Crippen molar-refractivity contribution < 1.29 is 4.79 Å². The van der Waals surface area contributed by atoms with Gasteiger partial charge in [-0.3, -0.25) is 9.69 Å². The molecule has 0 bridgehead atoms. The van der Waals surface area contributed by atoms with E-state index < -0.39 is 0 Å². The summed E-state index contributed by atoms with van der Waals surface area (Å²) in [6, 6.07) is 0.540. The fourth-order valence-corrected chi connectivity index (χ4v) is 1.19. The summed E-state index contributed by atoms with van der Waals surface area (Å²) in [4.78, 5) is 15.1. The zero-order valence-electron chi connectivity index (χ0n) is 10.7. The number of hydrogen-bond acceptors (Lipinski definition) is 3. The molecule has 0 heterocycles. The van der Waals surface area contributed by atoms with E-state index in [1.807, 2.05) is 7.05 Å². The van der Waals surface area contributed by atoms with E-state index in [0.717, 1.165) is 19.5 Å². The first-order valence-corrected chi connectivity index (χ1v) is 5.55. The van der Waals surface area contributed by atoms with Gasteiger partial charge in [-0.1, -0.05) is 13.8 Å². The fourth-order valence-electron chi connectivity index (χ4n) is 1.19. The van der Waals surface area contributed by atoms with E-state index in [1.54, 1.807) is 19.0 Å². The molecule has 0 atom stereocenters. The van der Waals surface area contributed by atoms with Crippen LogP contribution < -0.4 is 5.32 Å². The minimum Gasteiger partial charge on any atom is -0.348 e. The van der Waals surface area contributed by atoms with Gasteiger partial charge in [0, 0.05) is 20.1 Å². The number of carbonyl (C=O) groups excluding carboxylic acids is 1. The van der Waals surface area contributed by atoms with Gasteiger partial charge in [-0.05, 0) is 26.6 Å². The third kappa shape index (κ3) is 8.39. The van der Waals surface area contributed by atoms with Crippen LogP contribution in [0.25, 0.3) is 0 Å². The Balaban J connectivity index is 3.49. The monoisotopic (exact) mass is 215 g/mol. The first kappa shape index (κ1) is 14.4. The van der Waals surface area contributed by atoms with E-state index in [-0.39, 0.29) is 5.91 Å². The molecule has 0 spiro atoms. The largest absolute Gasteiger partial charge is 0.348 e. The highest BCUT2D eigenvalue weighted by atomic mass is 16.2. The Hall–Kier alpha value is -0.610. The first-order valence-electron chi connectivity index (χ1n) is 5.55. The lowest BCUT2D eigenvalue weighted by atomic mass is 10.3. The second-order valence-corrected chi connectivity index (χ2v) is 4.49. The topological polar surface area (TPSA) is 35.6 Å². The molecular weight excluding hydrogens is 190 g/mol. The molecule has 0 radical (unpaired) electrons. The quantitative estimate of drug-likeness (QED) is 0.624. The van der Waals surface area contributed by atoms with Crippen molar-refractivity contribution in [2.24, 2.45) is 0 Å². The standard InChI is InChI=1S/C11H25N3O/c1-10(2)12-7-6-8-14(5)9-11(15)13(3)4/h10,12H,6-9H2,1-5H3. The second-order valence-electron chi connectivity index (χ2n) is 4.49. The number of hydrogen-bond donors (Lipinski definition) is 1. The number of carbonyl (C=O) groups is 1. The van der Waals surface area contributed by atoms with Gasteiger partial charge in [-0.25, -0.2) is 0 Å². The molecule has 0 fully saturated rings. The van der Waals surface area contributed by atoms with Crippen LogP contribution in [-0.4, -0.2) is 62.5 Å². The molecule has 0 saturated carbocycles. The van der Waals surface area contributed by atoms with Crippen LogP contribution in [0.2, 0.25) is 0 Å². The number of nitrogens with zero attached hydrogens (tertiary/aromatic N) is 2. The normalized spacial score (nSPS) is 11.1. The molecule has 0 aliphatic rings. The summed E-state index contributed by atoms with van der Waals surface area (Å²) in [5.74, 6) is 0.161. The van der Waals surface area contributed by atoms with Crippen LogP contribution >= 0.6 is 0 Å². The summed E-state index contributed by atoms with van der Waals surface area (Å²) >= 11 is 0. The summed E-state index contributed by atoms with van der Waals surface area (Å²) in [5.41, 5.74) is 0. The summed E-state index contributed by atoms with van der Waals surface area (Å²) in [7, 11) is 5.56. The molecule has 0 rings (SSSR count). The Morgan fingerprint density at radius 2 is 1.87 bits per heavy atom. The maximum Gasteiger partial charge on any atom is 0.236 e. The lowest BCUT2D eigenvalue weighted by Gasteiger charge is -2.19. The SMILES string of the molecule is CC(C)NCCCN(C)CC(=O)N(C)C. The average molecular weight is 215 g/mol. The van der Waals surface area contributed by atoms with Crippen LogP contribution in [0.5, 0.6) is 0 Å². The molecule has 0 aromatic rings. The van der Waals surface area contributed by atoms with E-state index in [0.29, 0.717) is 12.6 Å². The molecule has 0 unspecified atom stereocenters. The Morgan fingerprint density at radius 1 is 1.27 bits per heavy atom. The Labute approximate surface area is 93.6 Å². The number of amides is 1. The molecule has 4 nitrogen and oxygen atoms in total. The molecule has 0 aliphatic carbocycles. The predicted octanol–water partition coefficient (Wildman–Crippen LogP) is 0.395. The van der Waals surface area contributed by atoms with Gasteiger partial charge in [-0.2, -0.15) is 0 Å². The Bertz CT molecular complexity index is 181. The highest BCUT2D eigenvalue weighted by Crippen LogP contribution is 1.89. The molecule has 0 saturated heterocycles. The molecule has 1 amide bonds. The Morgan fingerprint density at radius 3 is 2.33 bits per heavy atom. The van der Waals surface area contributed by atoms with E-state index in [4.69, 9.17) is 0 Å². The maximum absolute atomic E-state index is 11.4. The van der Waals surface area contributed by atoms with Gasteiger partial charge in [0.05, 0.1) is 6.54 Å². The van der Waals surface area contributed by atoms with E-state index in [9.17, 15) is 4.79 Å². The van der Waals surface area contributed by atoms with Crippen molar-refractivity contribution in [1.29, 1.82) is 0 Å². The van der Waals surface area contributed by atoms with Crippen LogP contribution in [0.4, 0.5) is 0 Å². The van der Waals surface area contributed by atoms with Crippen molar-refractivity contribution in [3.63, 3.8) is 0 Å². The zero-order valence-corrected chi connectivity index (χ0v) is 10.7. The highest BCUT2D eigenvalue weighted by molar-refractivity contribution is 5.77. The van der Waals surface area contributed by atoms with Gasteiger partial charge in [0.25, 0.3) is 0 Å². The van der Waals surface area contributed by atoms with Crippen LogP contribution in [0.3, 0.4) is 0 Å². The van der Waals surface area contributed by atoms with Gasteiger partial charge >= 0.3 is 0 Å². The van der Waals surface area contributed by atoms with Crippen molar-refractivity contribution >= 4 is 5.91 Å². The molecule has 90 valence electrons.